The summed E-state index contributed by atoms with van der Waals surface area (Å²) < 4.78 is 4.24. The van der Waals surface area contributed by atoms with Crippen molar-refractivity contribution in [2.75, 3.05) is 0 Å². The molecular weight excluding hydrogens is 842 g/mol. The average Bonchev–Trinajstić information content (AvgIpc) is 2.89. The maximum Gasteiger partial charge on any atom is 0.336 e. The van der Waals surface area contributed by atoms with Crippen molar-refractivity contribution in [3.8, 4) is 0 Å². The van der Waals surface area contributed by atoms with Gasteiger partial charge in [0.25, 0.3) is 0 Å². The Hall–Kier alpha value is -1.50. The van der Waals surface area contributed by atoms with Gasteiger partial charge in [-0.05, 0) is 102 Å². The van der Waals surface area contributed by atoms with E-state index in [0.717, 1.165) is 57.8 Å². The number of hydrogen-bond donors (Lipinski definition) is 2. The molecule has 3 aliphatic carbocycles. The average molecular weight is 911 g/mol. The van der Waals surface area contributed by atoms with E-state index >= 15 is 0 Å². The molecule has 10 heteroatoms. The standard InChI is InChI=1S/C37H64N4O5.C2H4.U/c1-26-14-32(3,4)20-35(9,16-26)23-39-29(42)40(24-36(10)17-27(2)15-33(5,6)21-36)31(44)41(30(39)43)25-37(11)19-28(38-12-13-46-45)18-34(7,8)22-37;1-2;/h12-13,26-28,38,45H,14-25H2,1-11H3;1-2H2;. The Balaban J connectivity index is 0.00000273. The summed E-state index contributed by atoms with van der Waals surface area (Å²) in [7, 11) is 0. The third-order valence-corrected chi connectivity index (χ3v) is 11.2. The molecule has 3 saturated carbocycles. The Kier molecular flexibility index (Phi) is 14.3. The minimum absolute atomic E-state index is 0. The van der Waals surface area contributed by atoms with Crippen LogP contribution >= 0.6 is 0 Å². The van der Waals surface area contributed by atoms with Crippen molar-refractivity contribution in [1.82, 2.24) is 19.0 Å². The monoisotopic (exact) mass is 911 g/mol. The van der Waals surface area contributed by atoms with Crippen LogP contribution in [0.4, 0.5) is 0 Å². The molecular formula is C39H68N4O5U. The van der Waals surface area contributed by atoms with Crippen LogP contribution in [0.25, 0.3) is 0 Å². The molecule has 0 aromatic carbocycles. The predicted molar refractivity (Wildman–Crippen MR) is 196 cm³/mol. The van der Waals surface area contributed by atoms with E-state index in [0.29, 0.717) is 24.9 Å². The topological polar surface area (TPSA) is 107 Å². The van der Waals surface area contributed by atoms with Gasteiger partial charge < -0.3 is 10.2 Å². The molecule has 0 spiro atoms. The zero-order chi connectivity index (χ0) is 36.5. The Labute approximate surface area is 319 Å². The van der Waals surface area contributed by atoms with Crippen molar-refractivity contribution in [1.29, 1.82) is 0 Å². The van der Waals surface area contributed by atoms with Gasteiger partial charge in [-0.3, -0.25) is 0 Å². The summed E-state index contributed by atoms with van der Waals surface area (Å²) in [6, 6.07) is 0.0683. The molecule has 1 heterocycles. The second-order valence-corrected chi connectivity index (χ2v) is 19.8. The molecule has 49 heavy (non-hydrogen) atoms. The number of hydrogen-bond acceptors (Lipinski definition) is 6. The number of nitrogens with zero attached hydrogens (tertiary/aromatic N) is 3. The number of nitrogens with one attached hydrogen (secondary N) is 1. The van der Waals surface area contributed by atoms with Crippen LogP contribution in [0.15, 0.2) is 40.0 Å². The quantitative estimate of drug-likeness (QED) is 0.113. The molecule has 0 radical (unpaired) electrons. The van der Waals surface area contributed by atoms with Gasteiger partial charge in [0.15, 0.2) is 0 Å². The Morgan fingerprint density at radius 2 is 0.980 bits per heavy atom. The van der Waals surface area contributed by atoms with Gasteiger partial charge >= 0.3 is 17.1 Å². The minimum Gasteiger partial charge on any atom is -0.386 e. The number of aromatic nitrogens is 3. The molecule has 6 unspecified atom stereocenters. The van der Waals surface area contributed by atoms with Crippen molar-refractivity contribution >= 4 is 0 Å². The Morgan fingerprint density at radius 1 is 0.653 bits per heavy atom. The second kappa shape index (κ2) is 16.0. The summed E-state index contributed by atoms with van der Waals surface area (Å²) in [4.78, 5) is 47.5. The summed E-state index contributed by atoms with van der Waals surface area (Å²) in [5.41, 5.74) is -2.09. The van der Waals surface area contributed by atoms with Gasteiger partial charge in [0, 0.05) is 63.0 Å². The molecule has 0 aliphatic heterocycles. The summed E-state index contributed by atoms with van der Waals surface area (Å²) in [5.74, 6) is 0.973. The molecule has 6 atom stereocenters. The van der Waals surface area contributed by atoms with Gasteiger partial charge in [-0.25, -0.2) is 33.3 Å². The van der Waals surface area contributed by atoms with Crippen molar-refractivity contribution in [2.24, 2.45) is 44.3 Å². The molecule has 0 amide bonds. The summed E-state index contributed by atoms with van der Waals surface area (Å²) in [6.07, 6.45) is 11.2. The van der Waals surface area contributed by atoms with E-state index in [1.165, 1.54) is 20.0 Å². The molecule has 4 rings (SSSR count). The van der Waals surface area contributed by atoms with Crippen molar-refractivity contribution in [3.63, 3.8) is 0 Å². The number of rotatable bonds is 9. The van der Waals surface area contributed by atoms with Crippen molar-refractivity contribution in [3.05, 3.63) is 57.1 Å². The van der Waals surface area contributed by atoms with Gasteiger partial charge in [-0.15, -0.1) is 13.2 Å². The summed E-state index contributed by atoms with van der Waals surface area (Å²) in [5, 5.41) is 12.1. The van der Waals surface area contributed by atoms with E-state index in [4.69, 9.17) is 5.26 Å². The zero-order valence-corrected chi connectivity index (χ0v) is 36.9. The van der Waals surface area contributed by atoms with Gasteiger partial charge in [0.2, 0.25) is 0 Å². The van der Waals surface area contributed by atoms with Crippen LogP contribution in [0.3, 0.4) is 0 Å². The molecule has 0 saturated heterocycles. The van der Waals surface area contributed by atoms with Crippen LogP contribution in [0, 0.1) is 75.4 Å². The van der Waals surface area contributed by atoms with Crippen LogP contribution in [-0.2, 0) is 24.5 Å². The predicted octanol–water partition coefficient (Wildman–Crippen LogP) is 7.81. The van der Waals surface area contributed by atoms with Gasteiger partial charge in [0.1, 0.15) is 6.26 Å². The molecule has 1 aromatic heterocycles. The van der Waals surface area contributed by atoms with Crippen molar-refractivity contribution in [2.45, 2.75) is 160 Å². The fraction of sp³-hybridized carbons (Fsp3) is 0.821. The molecule has 278 valence electrons. The molecule has 3 aliphatic rings. The van der Waals surface area contributed by atoms with Gasteiger partial charge in [-0.2, -0.15) is 0 Å². The Bertz CT molecular complexity index is 1410. The minimum atomic E-state index is -0.478. The first-order valence-electron chi connectivity index (χ1n) is 18.1. The van der Waals surface area contributed by atoms with E-state index in [1.54, 1.807) is 6.20 Å². The van der Waals surface area contributed by atoms with Crippen LogP contribution in [0.1, 0.15) is 134 Å². The molecule has 0 bridgehead atoms. The van der Waals surface area contributed by atoms with Crippen LogP contribution < -0.4 is 22.4 Å². The molecule has 2 N–H and O–H groups in total. The van der Waals surface area contributed by atoms with E-state index < -0.39 is 17.1 Å². The molecule has 3 fully saturated rings. The maximum absolute atomic E-state index is 14.5. The third kappa shape index (κ3) is 11.2. The van der Waals surface area contributed by atoms with E-state index in [-0.39, 0.29) is 76.2 Å². The molecule has 9 nitrogen and oxygen atoms in total. The maximum atomic E-state index is 14.5. The van der Waals surface area contributed by atoms with Gasteiger partial charge in [0.05, 0.1) is 0 Å². The smallest absolute Gasteiger partial charge is 0.336 e. The molecule has 1 aromatic rings. The van der Waals surface area contributed by atoms with E-state index in [1.807, 2.05) is 0 Å². The van der Waals surface area contributed by atoms with E-state index in [2.05, 4.69) is 99.5 Å². The van der Waals surface area contributed by atoms with E-state index in [9.17, 15) is 14.4 Å². The first-order chi connectivity index (χ1) is 22.0. The van der Waals surface area contributed by atoms with Crippen LogP contribution in [0.5, 0.6) is 0 Å². The first-order valence-corrected chi connectivity index (χ1v) is 18.1. The first kappa shape index (κ1) is 43.7. The van der Waals surface area contributed by atoms with Crippen LogP contribution in [0.2, 0.25) is 0 Å². The SMILES string of the molecule is C=C.CC1CC(C)(C)CC(C)(Cn2c(=O)n(CC3(C)CC(C)CC(C)(C)C3)c(=O)n(CC3(C)CC(NC=COO)CC(C)(C)C3)c2=O)C1.[U]. The second-order valence-electron chi connectivity index (χ2n) is 19.8. The summed E-state index contributed by atoms with van der Waals surface area (Å²) in [6.45, 7) is 31.6. The largest absolute Gasteiger partial charge is 0.386 e. The van der Waals surface area contributed by atoms with Crippen LogP contribution in [-0.4, -0.2) is 25.0 Å². The zero-order valence-electron chi connectivity index (χ0n) is 32.7. The fourth-order valence-corrected chi connectivity index (χ4v) is 11.9. The normalized spacial score (nSPS) is 33.5. The van der Waals surface area contributed by atoms with Crippen molar-refractivity contribution < 1.29 is 41.3 Å². The fourth-order valence-electron chi connectivity index (χ4n) is 11.9. The summed E-state index contributed by atoms with van der Waals surface area (Å²) >= 11 is 0. The van der Waals surface area contributed by atoms with Gasteiger partial charge in [-0.1, -0.05) is 76.2 Å². The Morgan fingerprint density at radius 3 is 1.31 bits per heavy atom. The third-order valence-electron chi connectivity index (χ3n) is 11.2.